The van der Waals surface area contributed by atoms with E-state index in [2.05, 4.69) is 5.32 Å². The van der Waals surface area contributed by atoms with E-state index < -0.39 is 0 Å². The molecule has 0 aromatic heterocycles. The summed E-state index contributed by atoms with van der Waals surface area (Å²) in [6.45, 7) is 4.42. The lowest BCUT2D eigenvalue weighted by atomic mass is 9.87. The van der Waals surface area contributed by atoms with Gasteiger partial charge in [0.2, 0.25) is 0 Å². The van der Waals surface area contributed by atoms with Crippen LogP contribution in [0.3, 0.4) is 0 Å². The summed E-state index contributed by atoms with van der Waals surface area (Å²) in [6.07, 6.45) is 11.3. The van der Waals surface area contributed by atoms with Gasteiger partial charge in [0.15, 0.2) is 0 Å². The molecule has 2 fully saturated rings. The molecule has 2 rings (SSSR count). The maximum Gasteiger partial charge on any atom is 0.0469 e. The maximum atomic E-state index is 5.37. The molecule has 1 saturated carbocycles. The first-order valence-electron chi connectivity index (χ1n) is 7.23. The van der Waals surface area contributed by atoms with Gasteiger partial charge in [-0.15, -0.1) is 0 Å². The van der Waals surface area contributed by atoms with Crippen molar-refractivity contribution in [2.24, 2.45) is 11.8 Å². The monoisotopic (exact) mass is 225 g/mol. The zero-order valence-electron chi connectivity index (χ0n) is 10.5. The lowest BCUT2D eigenvalue weighted by Gasteiger charge is -2.24. The second-order valence-electron chi connectivity index (χ2n) is 5.55. The van der Waals surface area contributed by atoms with Crippen LogP contribution in [0.25, 0.3) is 0 Å². The number of ether oxygens (including phenoxy) is 1. The Balaban J connectivity index is 1.47. The molecule has 0 bridgehead atoms. The van der Waals surface area contributed by atoms with Crippen LogP contribution < -0.4 is 5.32 Å². The van der Waals surface area contributed by atoms with E-state index in [1.54, 1.807) is 0 Å². The molecule has 1 saturated heterocycles. The topological polar surface area (TPSA) is 21.3 Å². The van der Waals surface area contributed by atoms with Crippen molar-refractivity contribution >= 4 is 0 Å². The highest BCUT2D eigenvalue weighted by atomic mass is 16.5. The minimum Gasteiger partial charge on any atom is -0.381 e. The molecule has 0 aromatic rings. The molecule has 94 valence electrons. The van der Waals surface area contributed by atoms with Gasteiger partial charge in [-0.2, -0.15) is 0 Å². The Morgan fingerprint density at radius 2 is 1.62 bits per heavy atom. The van der Waals surface area contributed by atoms with Crippen molar-refractivity contribution in [3.8, 4) is 0 Å². The van der Waals surface area contributed by atoms with E-state index in [-0.39, 0.29) is 0 Å². The van der Waals surface area contributed by atoms with Gasteiger partial charge in [-0.25, -0.2) is 0 Å². The predicted octanol–water partition coefficient (Wildman–Crippen LogP) is 2.97. The number of hydrogen-bond donors (Lipinski definition) is 1. The molecule has 16 heavy (non-hydrogen) atoms. The molecule has 0 atom stereocenters. The van der Waals surface area contributed by atoms with E-state index in [1.807, 2.05) is 0 Å². The van der Waals surface area contributed by atoms with Crippen molar-refractivity contribution in [1.29, 1.82) is 0 Å². The molecule has 0 amide bonds. The molecular formula is C14H27NO. The fourth-order valence-electron chi connectivity index (χ4n) is 3.04. The summed E-state index contributed by atoms with van der Waals surface area (Å²) in [6, 6.07) is 0. The summed E-state index contributed by atoms with van der Waals surface area (Å²) in [5.41, 5.74) is 0. The molecule has 0 unspecified atom stereocenters. The summed E-state index contributed by atoms with van der Waals surface area (Å²) < 4.78 is 5.37. The van der Waals surface area contributed by atoms with Crippen LogP contribution in [-0.2, 0) is 4.74 Å². The van der Waals surface area contributed by atoms with Crippen molar-refractivity contribution in [2.45, 2.75) is 51.4 Å². The zero-order valence-corrected chi connectivity index (χ0v) is 10.5. The zero-order chi connectivity index (χ0) is 11.1. The fraction of sp³-hybridized carbons (Fsp3) is 1.00. The van der Waals surface area contributed by atoms with E-state index in [4.69, 9.17) is 4.74 Å². The molecule has 2 nitrogen and oxygen atoms in total. The van der Waals surface area contributed by atoms with Crippen molar-refractivity contribution < 1.29 is 4.74 Å². The molecular weight excluding hydrogens is 198 g/mol. The predicted molar refractivity (Wildman–Crippen MR) is 67.6 cm³/mol. The summed E-state index contributed by atoms with van der Waals surface area (Å²) in [5.74, 6) is 1.90. The van der Waals surface area contributed by atoms with Crippen molar-refractivity contribution in [1.82, 2.24) is 5.32 Å². The SMILES string of the molecule is C1CCC(CCNCC2CCOCC2)CC1. The molecule has 0 spiro atoms. The molecule has 1 heterocycles. The quantitative estimate of drug-likeness (QED) is 0.726. The Morgan fingerprint density at radius 3 is 2.38 bits per heavy atom. The van der Waals surface area contributed by atoms with E-state index in [0.29, 0.717) is 0 Å². The summed E-state index contributed by atoms with van der Waals surface area (Å²) >= 11 is 0. The Kier molecular flexibility index (Phi) is 5.64. The number of nitrogens with one attached hydrogen (secondary N) is 1. The van der Waals surface area contributed by atoms with E-state index >= 15 is 0 Å². The van der Waals surface area contributed by atoms with Crippen LogP contribution in [0.4, 0.5) is 0 Å². The van der Waals surface area contributed by atoms with Crippen LogP contribution in [0.2, 0.25) is 0 Å². The van der Waals surface area contributed by atoms with Gasteiger partial charge in [-0.1, -0.05) is 32.1 Å². The van der Waals surface area contributed by atoms with Gasteiger partial charge in [0.05, 0.1) is 0 Å². The summed E-state index contributed by atoms with van der Waals surface area (Å²) in [7, 11) is 0. The highest BCUT2D eigenvalue weighted by molar-refractivity contribution is 4.69. The van der Waals surface area contributed by atoms with Gasteiger partial charge in [0.1, 0.15) is 0 Å². The first kappa shape index (κ1) is 12.4. The molecule has 1 N–H and O–H groups in total. The van der Waals surface area contributed by atoms with Crippen molar-refractivity contribution in [3.05, 3.63) is 0 Å². The van der Waals surface area contributed by atoms with Crippen LogP contribution >= 0.6 is 0 Å². The molecule has 1 aliphatic heterocycles. The van der Waals surface area contributed by atoms with Crippen molar-refractivity contribution in [2.75, 3.05) is 26.3 Å². The molecule has 1 aliphatic carbocycles. The third kappa shape index (κ3) is 4.42. The fourth-order valence-corrected chi connectivity index (χ4v) is 3.04. The summed E-state index contributed by atoms with van der Waals surface area (Å²) in [4.78, 5) is 0. The van der Waals surface area contributed by atoms with E-state index in [9.17, 15) is 0 Å². The number of hydrogen-bond acceptors (Lipinski definition) is 2. The Morgan fingerprint density at radius 1 is 0.875 bits per heavy atom. The minimum atomic E-state index is 0.875. The highest BCUT2D eigenvalue weighted by Gasteiger charge is 2.15. The second kappa shape index (κ2) is 7.29. The van der Waals surface area contributed by atoms with Gasteiger partial charge in [-0.3, -0.25) is 0 Å². The van der Waals surface area contributed by atoms with Crippen LogP contribution in [0.15, 0.2) is 0 Å². The first-order valence-corrected chi connectivity index (χ1v) is 7.23. The average Bonchev–Trinajstić information content (AvgIpc) is 2.37. The Hall–Kier alpha value is -0.0800. The maximum absolute atomic E-state index is 5.37. The van der Waals surface area contributed by atoms with Crippen LogP contribution in [0, 0.1) is 11.8 Å². The van der Waals surface area contributed by atoms with Crippen LogP contribution in [-0.4, -0.2) is 26.3 Å². The van der Waals surface area contributed by atoms with Gasteiger partial charge in [-0.05, 0) is 44.2 Å². The van der Waals surface area contributed by atoms with Gasteiger partial charge < -0.3 is 10.1 Å². The minimum absolute atomic E-state index is 0.875. The molecule has 0 radical (unpaired) electrons. The normalized spacial score (nSPS) is 24.8. The smallest absolute Gasteiger partial charge is 0.0469 e. The van der Waals surface area contributed by atoms with E-state index in [1.165, 1.54) is 64.5 Å². The Bertz CT molecular complexity index is 152. The third-order valence-corrected chi connectivity index (χ3v) is 4.23. The highest BCUT2D eigenvalue weighted by Crippen LogP contribution is 2.25. The van der Waals surface area contributed by atoms with Crippen LogP contribution in [0.1, 0.15) is 51.4 Å². The number of rotatable bonds is 5. The third-order valence-electron chi connectivity index (χ3n) is 4.23. The van der Waals surface area contributed by atoms with Gasteiger partial charge in [0.25, 0.3) is 0 Å². The Labute approximate surface area is 100 Å². The summed E-state index contributed by atoms with van der Waals surface area (Å²) in [5, 5.41) is 3.65. The van der Waals surface area contributed by atoms with Gasteiger partial charge in [0, 0.05) is 13.2 Å². The molecule has 2 heteroatoms. The second-order valence-corrected chi connectivity index (χ2v) is 5.55. The average molecular weight is 225 g/mol. The van der Waals surface area contributed by atoms with Crippen LogP contribution in [0.5, 0.6) is 0 Å². The standard InChI is InChI=1S/C14H27NO/c1-2-4-13(5-3-1)6-9-15-12-14-7-10-16-11-8-14/h13-15H,1-12H2. The van der Waals surface area contributed by atoms with Gasteiger partial charge >= 0.3 is 0 Å². The molecule has 0 aromatic carbocycles. The lowest BCUT2D eigenvalue weighted by molar-refractivity contribution is 0.0662. The van der Waals surface area contributed by atoms with E-state index in [0.717, 1.165) is 25.0 Å². The lowest BCUT2D eigenvalue weighted by Crippen LogP contribution is -2.29. The van der Waals surface area contributed by atoms with Crippen molar-refractivity contribution in [3.63, 3.8) is 0 Å². The largest absolute Gasteiger partial charge is 0.381 e. The first-order chi connectivity index (χ1) is 7.95. The molecule has 2 aliphatic rings.